The number of carbonyl (C=O) groups excluding carboxylic acids is 1. The van der Waals surface area contributed by atoms with Crippen LogP contribution in [-0.2, 0) is 10.2 Å². The molecule has 4 heteroatoms. The van der Waals surface area contributed by atoms with E-state index in [1.54, 1.807) is 6.20 Å². The number of hydrogen-bond acceptors (Lipinski definition) is 2. The summed E-state index contributed by atoms with van der Waals surface area (Å²) in [5.41, 5.74) is 0.504. The number of anilines is 1. The van der Waals surface area contributed by atoms with Crippen LogP contribution < -0.4 is 3.93 Å². The van der Waals surface area contributed by atoms with Gasteiger partial charge in [-0.25, -0.2) is 8.91 Å². The van der Waals surface area contributed by atoms with Crippen LogP contribution in [0.4, 0.5) is 5.82 Å². The maximum atomic E-state index is 11.7. The summed E-state index contributed by atoms with van der Waals surface area (Å²) in [6.07, 6.45) is 1.68. The van der Waals surface area contributed by atoms with Gasteiger partial charge in [-0.2, -0.15) is 0 Å². The van der Waals surface area contributed by atoms with Crippen LogP contribution in [-0.4, -0.2) is 10.9 Å². The first-order valence-corrected chi connectivity index (χ1v) is 4.72. The van der Waals surface area contributed by atoms with Crippen molar-refractivity contribution >= 4 is 27.9 Å². The Bertz CT molecular complexity index is 376. The smallest absolute Gasteiger partial charge is 0.248 e. The fourth-order valence-corrected chi connectivity index (χ4v) is 2.22. The number of pyridine rings is 1. The molecule has 0 aliphatic carbocycles. The van der Waals surface area contributed by atoms with Crippen LogP contribution in [0.25, 0.3) is 0 Å². The Morgan fingerprint density at radius 1 is 1.54 bits per heavy atom. The number of fused-ring (bicyclic) bond motifs is 1. The number of amides is 1. The van der Waals surface area contributed by atoms with Gasteiger partial charge in [0, 0.05) is 11.8 Å². The van der Waals surface area contributed by atoms with Gasteiger partial charge in [0.05, 0.1) is 21.6 Å². The Morgan fingerprint density at radius 3 is 2.85 bits per heavy atom. The molecule has 1 aliphatic rings. The van der Waals surface area contributed by atoms with Gasteiger partial charge in [0.2, 0.25) is 5.91 Å². The minimum atomic E-state index is -0.465. The standard InChI is InChI=1S/C9H9BrN2O/c1-9(2)6-4-3-5-11-7(6)12(10)8(9)13/h3-5H,1-2H3. The van der Waals surface area contributed by atoms with Crippen molar-refractivity contribution < 1.29 is 4.79 Å². The molecule has 1 aromatic heterocycles. The number of hydrogen-bond donors (Lipinski definition) is 0. The summed E-state index contributed by atoms with van der Waals surface area (Å²) in [6.45, 7) is 3.80. The Morgan fingerprint density at radius 2 is 2.23 bits per heavy atom. The molecule has 0 radical (unpaired) electrons. The monoisotopic (exact) mass is 240 g/mol. The van der Waals surface area contributed by atoms with E-state index in [1.165, 1.54) is 3.93 Å². The van der Waals surface area contributed by atoms with Crippen molar-refractivity contribution in [2.24, 2.45) is 0 Å². The van der Waals surface area contributed by atoms with E-state index in [0.717, 1.165) is 5.56 Å². The average Bonchev–Trinajstić information content (AvgIpc) is 2.30. The Balaban J connectivity index is 2.68. The zero-order valence-electron chi connectivity index (χ0n) is 7.41. The highest BCUT2D eigenvalue weighted by molar-refractivity contribution is 9.10. The molecule has 1 amide bonds. The van der Waals surface area contributed by atoms with Crippen molar-refractivity contribution in [3.05, 3.63) is 23.9 Å². The van der Waals surface area contributed by atoms with Crippen LogP contribution in [0.15, 0.2) is 18.3 Å². The normalized spacial score (nSPS) is 19.0. The predicted octanol–water partition coefficient (Wildman–Crippen LogP) is 2.02. The molecule has 0 saturated heterocycles. The van der Waals surface area contributed by atoms with Crippen molar-refractivity contribution in [3.8, 4) is 0 Å². The number of aromatic nitrogens is 1. The lowest BCUT2D eigenvalue weighted by Gasteiger charge is -2.14. The van der Waals surface area contributed by atoms with Gasteiger partial charge in [0.1, 0.15) is 5.82 Å². The van der Waals surface area contributed by atoms with E-state index in [9.17, 15) is 4.79 Å². The Labute approximate surface area is 85.1 Å². The van der Waals surface area contributed by atoms with E-state index < -0.39 is 5.41 Å². The highest BCUT2D eigenvalue weighted by Gasteiger charge is 2.43. The van der Waals surface area contributed by atoms with Crippen molar-refractivity contribution in [1.29, 1.82) is 0 Å². The van der Waals surface area contributed by atoms with Crippen LogP contribution in [0.3, 0.4) is 0 Å². The molecular weight excluding hydrogens is 232 g/mol. The molecule has 68 valence electrons. The molecule has 1 aromatic rings. The van der Waals surface area contributed by atoms with E-state index in [4.69, 9.17) is 0 Å². The topological polar surface area (TPSA) is 33.2 Å². The minimum absolute atomic E-state index is 0.0289. The quantitative estimate of drug-likeness (QED) is 0.651. The third kappa shape index (κ3) is 1.01. The van der Waals surface area contributed by atoms with Gasteiger partial charge in [0.15, 0.2) is 0 Å². The lowest BCUT2D eigenvalue weighted by Crippen LogP contribution is -2.30. The van der Waals surface area contributed by atoms with Crippen molar-refractivity contribution in [3.63, 3.8) is 0 Å². The molecule has 0 spiro atoms. The van der Waals surface area contributed by atoms with Crippen molar-refractivity contribution in [2.45, 2.75) is 19.3 Å². The molecule has 3 nitrogen and oxygen atoms in total. The summed E-state index contributed by atoms with van der Waals surface area (Å²) >= 11 is 3.20. The molecule has 0 aromatic carbocycles. The number of nitrogens with zero attached hydrogens (tertiary/aromatic N) is 2. The summed E-state index contributed by atoms with van der Waals surface area (Å²) in [5.74, 6) is 0.735. The number of rotatable bonds is 0. The Hall–Kier alpha value is -0.900. The molecule has 0 N–H and O–H groups in total. The Kier molecular flexibility index (Phi) is 1.70. The first-order valence-electron chi connectivity index (χ1n) is 4.01. The molecule has 2 rings (SSSR count). The predicted molar refractivity (Wildman–Crippen MR) is 53.7 cm³/mol. The number of halogens is 1. The zero-order chi connectivity index (χ0) is 9.64. The molecule has 1 aliphatic heterocycles. The van der Waals surface area contributed by atoms with Crippen LogP contribution in [0, 0.1) is 0 Å². The molecule has 0 atom stereocenters. The highest BCUT2D eigenvalue weighted by Crippen LogP contribution is 2.41. The van der Waals surface area contributed by atoms with Crippen LogP contribution >= 0.6 is 16.1 Å². The number of carbonyl (C=O) groups is 1. The maximum Gasteiger partial charge on any atom is 0.248 e. The van der Waals surface area contributed by atoms with Gasteiger partial charge in [0.25, 0.3) is 0 Å². The second kappa shape index (κ2) is 2.54. The van der Waals surface area contributed by atoms with E-state index >= 15 is 0 Å². The molecule has 0 unspecified atom stereocenters. The summed E-state index contributed by atoms with van der Waals surface area (Å²) < 4.78 is 1.43. The van der Waals surface area contributed by atoms with Crippen molar-refractivity contribution in [1.82, 2.24) is 4.98 Å². The van der Waals surface area contributed by atoms with Gasteiger partial charge in [-0.3, -0.25) is 4.79 Å². The van der Waals surface area contributed by atoms with E-state index in [0.29, 0.717) is 5.82 Å². The van der Waals surface area contributed by atoms with Gasteiger partial charge < -0.3 is 0 Å². The largest absolute Gasteiger partial charge is 0.273 e. The van der Waals surface area contributed by atoms with Gasteiger partial charge in [-0.15, -0.1) is 0 Å². The first kappa shape index (κ1) is 8.69. The van der Waals surface area contributed by atoms with Crippen LogP contribution in [0.1, 0.15) is 19.4 Å². The molecule has 0 saturated carbocycles. The molecular formula is C9H9BrN2O. The molecule has 13 heavy (non-hydrogen) atoms. The second-order valence-corrected chi connectivity index (χ2v) is 4.29. The SMILES string of the molecule is CC1(C)C(=O)N(Br)c2ncccc21. The third-order valence-corrected chi connectivity index (χ3v) is 3.02. The molecule has 2 heterocycles. The average molecular weight is 241 g/mol. The first-order chi connectivity index (χ1) is 6.05. The lowest BCUT2D eigenvalue weighted by molar-refractivity contribution is -0.120. The maximum absolute atomic E-state index is 11.7. The summed E-state index contributed by atoms with van der Waals surface area (Å²) in [7, 11) is 0. The van der Waals surface area contributed by atoms with E-state index in [1.807, 2.05) is 26.0 Å². The molecule has 0 fully saturated rings. The fraction of sp³-hybridized carbons (Fsp3) is 0.333. The van der Waals surface area contributed by atoms with Crippen molar-refractivity contribution in [2.75, 3.05) is 3.93 Å². The second-order valence-electron chi connectivity index (χ2n) is 3.59. The van der Waals surface area contributed by atoms with E-state index in [2.05, 4.69) is 21.1 Å². The third-order valence-electron chi connectivity index (χ3n) is 2.36. The van der Waals surface area contributed by atoms with Gasteiger partial charge >= 0.3 is 0 Å². The lowest BCUT2D eigenvalue weighted by atomic mass is 9.87. The molecule has 0 bridgehead atoms. The summed E-state index contributed by atoms with van der Waals surface area (Å²) in [6, 6.07) is 3.78. The minimum Gasteiger partial charge on any atom is -0.273 e. The highest BCUT2D eigenvalue weighted by atomic mass is 79.9. The summed E-state index contributed by atoms with van der Waals surface area (Å²) in [4.78, 5) is 15.9. The van der Waals surface area contributed by atoms with E-state index in [-0.39, 0.29) is 5.91 Å². The van der Waals surface area contributed by atoms with Crippen LogP contribution in [0.2, 0.25) is 0 Å². The van der Waals surface area contributed by atoms with Crippen LogP contribution in [0.5, 0.6) is 0 Å². The summed E-state index contributed by atoms with van der Waals surface area (Å²) in [5, 5.41) is 0. The zero-order valence-corrected chi connectivity index (χ0v) is 9.00. The van der Waals surface area contributed by atoms with Gasteiger partial charge in [-0.1, -0.05) is 6.07 Å². The fourth-order valence-electron chi connectivity index (χ4n) is 1.50. The van der Waals surface area contributed by atoms with Gasteiger partial charge in [-0.05, 0) is 19.9 Å².